The fourth-order valence-corrected chi connectivity index (χ4v) is 1.41. The van der Waals surface area contributed by atoms with E-state index < -0.39 is 5.97 Å². The van der Waals surface area contributed by atoms with Gasteiger partial charge < -0.3 is 15.9 Å². The van der Waals surface area contributed by atoms with Gasteiger partial charge in [-0.25, -0.2) is 4.79 Å². The minimum atomic E-state index is -1.22. The summed E-state index contributed by atoms with van der Waals surface area (Å²) in [7, 11) is 0. The number of carboxylic acid groups (broad SMARTS) is 1. The molecular weight excluding hydrogens is 269 g/mol. The third kappa shape index (κ3) is 4.06. The third-order valence-electron chi connectivity index (χ3n) is 2.38. The number of aromatic carboxylic acids is 1. The number of nitrogen functional groups attached to an aromatic ring is 1. The van der Waals surface area contributed by atoms with Crippen molar-refractivity contribution in [1.29, 1.82) is 0 Å². The molecule has 1 radical (unpaired) electrons. The molecule has 0 saturated heterocycles. The van der Waals surface area contributed by atoms with Crippen molar-refractivity contribution >= 4 is 52.6 Å². The number of hydrogen-bond donors (Lipinski definition) is 3. The Morgan fingerprint density at radius 2 is 1.55 bits per heavy atom. The Labute approximate surface area is 137 Å². The van der Waals surface area contributed by atoms with E-state index in [0.717, 1.165) is 0 Å². The fraction of sp³-hybridized carbons (Fsp3) is 0. The summed E-state index contributed by atoms with van der Waals surface area (Å²) in [6.07, 6.45) is 0. The first-order valence-electron chi connectivity index (χ1n) is 5.40. The Hall–Kier alpha value is -1.89. The average molecular weight is 280 g/mol. The Morgan fingerprint density at radius 3 is 2.15 bits per heavy atom. The molecule has 0 fully saturated rings. The number of benzene rings is 2. The summed E-state index contributed by atoms with van der Waals surface area (Å²) in [6.45, 7) is 0. The summed E-state index contributed by atoms with van der Waals surface area (Å²) in [4.78, 5) is 10.8. The molecule has 0 atom stereocenters. The molecule has 0 aliphatic carbocycles. The topological polar surface area (TPSA) is 108 Å². The molecule has 6 nitrogen and oxygen atoms in total. The van der Waals surface area contributed by atoms with Crippen molar-refractivity contribution in [2.75, 3.05) is 5.73 Å². The van der Waals surface area contributed by atoms with Crippen molar-refractivity contribution in [3.63, 3.8) is 0 Å². The Kier molecular flexibility index (Phi) is 5.69. The summed E-state index contributed by atoms with van der Waals surface area (Å²) >= 11 is 0. The Bertz CT molecular complexity index is 642. The van der Waals surface area contributed by atoms with Gasteiger partial charge in [-0.3, -0.25) is 0 Å². The van der Waals surface area contributed by atoms with E-state index in [1.54, 1.807) is 24.3 Å². The molecule has 20 heavy (non-hydrogen) atoms. The molecule has 2 aromatic carbocycles. The molecule has 7 heteroatoms. The number of nitrogens with zero attached hydrogens (tertiary/aromatic N) is 2. The van der Waals surface area contributed by atoms with Crippen LogP contribution in [0.1, 0.15) is 10.4 Å². The first-order chi connectivity index (χ1) is 9.06. The van der Waals surface area contributed by atoms with Crippen molar-refractivity contribution in [2.45, 2.75) is 0 Å². The molecule has 2 rings (SSSR count). The SMILES string of the molecule is Nc1ccc(N=Nc2ccc(O)c(C(=O)O)c2)cc1.[Na]. The van der Waals surface area contributed by atoms with E-state index >= 15 is 0 Å². The predicted molar refractivity (Wildman–Crippen MR) is 75.9 cm³/mol. The molecule has 97 valence electrons. The summed E-state index contributed by atoms with van der Waals surface area (Å²) in [5, 5.41) is 26.1. The Balaban J connectivity index is 0.00000200. The zero-order valence-electron chi connectivity index (χ0n) is 10.8. The maximum atomic E-state index is 10.8. The average Bonchev–Trinajstić information content (AvgIpc) is 2.39. The Morgan fingerprint density at radius 1 is 1.00 bits per heavy atom. The van der Waals surface area contributed by atoms with Gasteiger partial charge in [0.25, 0.3) is 0 Å². The number of azo groups is 1. The summed E-state index contributed by atoms with van der Waals surface area (Å²) in [6, 6.07) is 10.7. The molecule has 4 N–H and O–H groups in total. The number of carboxylic acids is 1. The van der Waals surface area contributed by atoms with Crippen molar-refractivity contribution in [3.05, 3.63) is 48.0 Å². The molecule has 0 aliphatic heterocycles. The van der Waals surface area contributed by atoms with Crippen molar-refractivity contribution < 1.29 is 15.0 Å². The largest absolute Gasteiger partial charge is 0.507 e. The van der Waals surface area contributed by atoms with E-state index in [-0.39, 0.29) is 40.9 Å². The molecule has 0 bridgehead atoms. The number of hydrogen-bond acceptors (Lipinski definition) is 5. The second-order valence-corrected chi connectivity index (χ2v) is 3.80. The minimum Gasteiger partial charge on any atom is -0.507 e. The fourth-order valence-electron chi connectivity index (χ4n) is 1.41. The van der Waals surface area contributed by atoms with Gasteiger partial charge in [0.2, 0.25) is 0 Å². The predicted octanol–water partition coefficient (Wildman–Crippen LogP) is 2.71. The van der Waals surface area contributed by atoms with E-state index in [9.17, 15) is 9.90 Å². The molecule has 0 heterocycles. The molecule has 0 amide bonds. The van der Waals surface area contributed by atoms with Crippen LogP contribution < -0.4 is 5.73 Å². The zero-order valence-corrected chi connectivity index (χ0v) is 12.8. The number of nitrogens with two attached hydrogens (primary N) is 1. The monoisotopic (exact) mass is 280 g/mol. The normalized spacial score (nSPS) is 10.2. The van der Waals surface area contributed by atoms with E-state index in [1.807, 2.05) is 0 Å². The number of anilines is 1. The quantitative estimate of drug-likeness (QED) is 0.456. The molecule has 0 aromatic heterocycles. The zero-order chi connectivity index (χ0) is 13.8. The molecular formula is C13H11N3NaO3. The van der Waals surface area contributed by atoms with Crippen LogP contribution in [0.25, 0.3) is 0 Å². The van der Waals surface area contributed by atoms with Gasteiger partial charge in [0, 0.05) is 35.2 Å². The van der Waals surface area contributed by atoms with Crippen LogP contribution in [0, 0.1) is 0 Å². The van der Waals surface area contributed by atoms with Crippen LogP contribution in [0.4, 0.5) is 17.1 Å². The van der Waals surface area contributed by atoms with Crippen LogP contribution in [-0.4, -0.2) is 45.7 Å². The molecule has 0 spiro atoms. The van der Waals surface area contributed by atoms with E-state index in [0.29, 0.717) is 17.1 Å². The standard InChI is InChI=1S/C13H11N3O3.Na/c14-8-1-3-9(4-2-8)15-16-10-5-6-12(17)11(7-10)13(18)19;/h1-7,17H,14H2,(H,18,19);. The molecule has 0 saturated carbocycles. The summed E-state index contributed by atoms with van der Waals surface area (Å²) in [5.74, 6) is -1.53. The van der Waals surface area contributed by atoms with Crippen LogP contribution in [0.15, 0.2) is 52.7 Å². The van der Waals surface area contributed by atoms with E-state index in [2.05, 4.69) is 10.2 Å². The van der Waals surface area contributed by atoms with Crippen LogP contribution in [0.5, 0.6) is 5.75 Å². The molecule has 2 aromatic rings. The maximum absolute atomic E-state index is 10.8. The van der Waals surface area contributed by atoms with Crippen LogP contribution in [0.2, 0.25) is 0 Å². The van der Waals surface area contributed by atoms with Gasteiger partial charge in [0.15, 0.2) is 0 Å². The van der Waals surface area contributed by atoms with Gasteiger partial charge in [-0.1, -0.05) is 0 Å². The number of carbonyl (C=O) groups is 1. The van der Waals surface area contributed by atoms with Crippen LogP contribution in [0.3, 0.4) is 0 Å². The van der Waals surface area contributed by atoms with Crippen molar-refractivity contribution in [1.82, 2.24) is 0 Å². The second-order valence-electron chi connectivity index (χ2n) is 3.80. The van der Waals surface area contributed by atoms with Crippen molar-refractivity contribution in [3.8, 4) is 5.75 Å². The third-order valence-corrected chi connectivity index (χ3v) is 2.38. The van der Waals surface area contributed by atoms with E-state index in [4.69, 9.17) is 10.8 Å². The molecule has 0 aliphatic rings. The first kappa shape index (κ1) is 16.2. The number of aromatic hydroxyl groups is 1. The maximum Gasteiger partial charge on any atom is 0.339 e. The van der Waals surface area contributed by atoms with Gasteiger partial charge in [-0.15, -0.1) is 0 Å². The minimum absolute atomic E-state index is 0. The number of phenols is 1. The summed E-state index contributed by atoms with van der Waals surface area (Å²) < 4.78 is 0. The van der Waals surface area contributed by atoms with Crippen LogP contribution >= 0.6 is 0 Å². The van der Waals surface area contributed by atoms with Gasteiger partial charge in [-0.2, -0.15) is 10.2 Å². The molecule has 0 unspecified atom stereocenters. The van der Waals surface area contributed by atoms with Gasteiger partial charge in [0.05, 0.1) is 11.4 Å². The van der Waals surface area contributed by atoms with Gasteiger partial charge in [0.1, 0.15) is 11.3 Å². The first-order valence-corrected chi connectivity index (χ1v) is 5.40. The number of rotatable bonds is 3. The smallest absolute Gasteiger partial charge is 0.339 e. The van der Waals surface area contributed by atoms with Crippen molar-refractivity contribution in [2.24, 2.45) is 10.2 Å². The second kappa shape index (κ2) is 7.04. The van der Waals surface area contributed by atoms with Gasteiger partial charge >= 0.3 is 5.97 Å². The van der Waals surface area contributed by atoms with Gasteiger partial charge in [-0.05, 0) is 42.5 Å². The van der Waals surface area contributed by atoms with E-state index in [1.165, 1.54) is 18.2 Å². The summed E-state index contributed by atoms with van der Waals surface area (Å²) in [5.41, 5.74) is 6.88. The van der Waals surface area contributed by atoms with Crippen LogP contribution in [-0.2, 0) is 0 Å².